The van der Waals surface area contributed by atoms with Gasteiger partial charge in [0.15, 0.2) is 0 Å². The maximum absolute atomic E-state index is 12.3. The maximum atomic E-state index is 12.3. The van der Waals surface area contributed by atoms with Crippen LogP contribution in [0.1, 0.15) is 16.1 Å². The van der Waals surface area contributed by atoms with Crippen molar-refractivity contribution < 1.29 is 9.21 Å². The lowest BCUT2D eigenvalue weighted by Crippen LogP contribution is -2.17. The van der Waals surface area contributed by atoms with Gasteiger partial charge < -0.3 is 4.42 Å². The number of carbonyl (C=O) groups excluding carboxylic acids is 1. The van der Waals surface area contributed by atoms with Crippen molar-refractivity contribution in [3.8, 4) is 11.3 Å². The third kappa shape index (κ3) is 3.91. The summed E-state index contributed by atoms with van der Waals surface area (Å²) >= 11 is 5.89. The van der Waals surface area contributed by atoms with Gasteiger partial charge in [-0.3, -0.25) is 4.79 Å². The van der Waals surface area contributed by atoms with Gasteiger partial charge in [-0.25, -0.2) is 5.43 Å². The first kappa shape index (κ1) is 17.1. The highest BCUT2D eigenvalue weighted by Crippen LogP contribution is 2.23. The van der Waals surface area contributed by atoms with Crippen LogP contribution in [0.2, 0.25) is 5.02 Å². The molecule has 4 nitrogen and oxygen atoms in total. The molecule has 1 N–H and O–H groups in total. The zero-order chi connectivity index (χ0) is 18.6. The van der Waals surface area contributed by atoms with Gasteiger partial charge in [-0.1, -0.05) is 41.9 Å². The van der Waals surface area contributed by atoms with Crippen molar-refractivity contribution in [2.75, 3.05) is 0 Å². The van der Waals surface area contributed by atoms with Crippen molar-refractivity contribution in [3.05, 3.63) is 95.2 Å². The third-order valence-corrected chi connectivity index (χ3v) is 4.38. The van der Waals surface area contributed by atoms with Gasteiger partial charge in [-0.15, -0.1) is 0 Å². The molecule has 0 atom stereocenters. The average molecular weight is 375 g/mol. The monoisotopic (exact) mass is 374 g/mol. The summed E-state index contributed by atoms with van der Waals surface area (Å²) in [4.78, 5) is 12.3. The standard InChI is InChI=1S/C22H15ClN2O2/c23-19-9-7-16(8-10-19)21-12-11-20(27-21)14-24-25-22(26)18-6-5-15-3-1-2-4-17(15)13-18/h1-14H,(H,25,26)/b24-14-. The van der Waals surface area contributed by atoms with Crippen LogP contribution in [0.15, 0.2) is 88.4 Å². The molecule has 1 aromatic heterocycles. The fraction of sp³-hybridized carbons (Fsp3) is 0. The van der Waals surface area contributed by atoms with Gasteiger partial charge in [0.1, 0.15) is 11.5 Å². The molecule has 132 valence electrons. The number of hydrogen-bond donors (Lipinski definition) is 1. The molecule has 0 aliphatic carbocycles. The average Bonchev–Trinajstić information content (AvgIpc) is 3.17. The molecular weight excluding hydrogens is 360 g/mol. The van der Waals surface area contributed by atoms with E-state index in [1.54, 1.807) is 24.3 Å². The Hall–Kier alpha value is -3.37. The van der Waals surface area contributed by atoms with E-state index in [0.29, 0.717) is 22.1 Å². The largest absolute Gasteiger partial charge is 0.455 e. The molecule has 3 aromatic carbocycles. The van der Waals surface area contributed by atoms with E-state index in [4.69, 9.17) is 16.0 Å². The fourth-order valence-corrected chi connectivity index (χ4v) is 2.87. The highest BCUT2D eigenvalue weighted by atomic mass is 35.5. The first-order valence-electron chi connectivity index (χ1n) is 8.37. The molecule has 4 aromatic rings. The second-order valence-electron chi connectivity index (χ2n) is 5.97. The Morgan fingerprint density at radius 1 is 0.926 bits per heavy atom. The Labute approximate surface area is 161 Å². The number of fused-ring (bicyclic) bond motifs is 1. The summed E-state index contributed by atoms with van der Waals surface area (Å²) < 4.78 is 5.71. The highest BCUT2D eigenvalue weighted by Gasteiger charge is 2.06. The molecule has 0 saturated carbocycles. The van der Waals surface area contributed by atoms with E-state index in [0.717, 1.165) is 16.3 Å². The van der Waals surface area contributed by atoms with Crippen molar-refractivity contribution in [3.63, 3.8) is 0 Å². The van der Waals surface area contributed by atoms with Crippen LogP contribution in [0, 0.1) is 0 Å². The van der Waals surface area contributed by atoms with E-state index in [1.807, 2.05) is 54.6 Å². The number of nitrogens with zero attached hydrogens (tertiary/aromatic N) is 1. The smallest absolute Gasteiger partial charge is 0.271 e. The van der Waals surface area contributed by atoms with Crippen LogP contribution < -0.4 is 5.43 Å². The molecule has 0 saturated heterocycles. The van der Waals surface area contributed by atoms with Crippen molar-refractivity contribution in [2.24, 2.45) is 5.10 Å². The molecular formula is C22H15ClN2O2. The van der Waals surface area contributed by atoms with Crippen molar-refractivity contribution in [2.45, 2.75) is 0 Å². The Morgan fingerprint density at radius 2 is 1.70 bits per heavy atom. The Morgan fingerprint density at radius 3 is 2.52 bits per heavy atom. The summed E-state index contributed by atoms with van der Waals surface area (Å²) in [7, 11) is 0. The first-order valence-corrected chi connectivity index (χ1v) is 8.75. The van der Waals surface area contributed by atoms with E-state index in [-0.39, 0.29) is 5.91 Å². The maximum Gasteiger partial charge on any atom is 0.271 e. The molecule has 0 aliphatic rings. The second-order valence-corrected chi connectivity index (χ2v) is 6.41. The van der Waals surface area contributed by atoms with E-state index in [1.165, 1.54) is 6.21 Å². The molecule has 27 heavy (non-hydrogen) atoms. The lowest BCUT2D eigenvalue weighted by molar-refractivity contribution is 0.0955. The van der Waals surface area contributed by atoms with Gasteiger partial charge in [0.2, 0.25) is 0 Å². The third-order valence-electron chi connectivity index (χ3n) is 4.13. The number of hydrazone groups is 1. The van der Waals surface area contributed by atoms with Crippen LogP contribution >= 0.6 is 11.6 Å². The zero-order valence-corrected chi connectivity index (χ0v) is 15.0. The number of nitrogens with one attached hydrogen (secondary N) is 1. The SMILES string of the molecule is O=C(N/N=C\c1ccc(-c2ccc(Cl)cc2)o1)c1ccc2ccccc2c1. The molecule has 1 heterocycles. The molecule has 0 unspecified atom stereocenters. The Bertz CT molecular complexity index is 1130. The van der Waals surface area contributed by atoms with Crippen LogP contribution in [0.4, 0.5) is 0 Å². The number of furan rings is 1. The zero-order valence-electron chi connectivity index (χ0n) is 14.2. The predicted molar refractivity (Wildman–Crippen MR) is 108 cm³/mol. The van der Waals surface area contributed by atoms with Crippen LogP contribution in [-0.2, 0) is 0 Å². The minimum atomic E-state index is -0.276. The van der Waals surface area contributed by atoms with E-state index < -0.39 is 0 Å². The van der Waals surface area contributed by atoms with E-state index >= 15 is 0 Å². The van der Waals surface area contributed by atoms with Crippen molar-refractivity contribution >= 4 is 34.5 Å². The van der Waals surface area contributed by atoms with Gasteiger partial charge in [0, 0.05) is 16.1 Å². The number of halogens is 1. The van der Waals surface area contributed by atoms with Gasteiger partial charge in [0.05, 0.1) is 6.21 Å². The van der Waals surface area contributed by atoms with E-state index in [9.17, 15) is 4.79 Å². The quantitative estimate of drug-likeness (QED) is 0.378. The van der Waals surface area contributed by atoms with Gasteiger partial charge in [0.25, 0.3) is 5.91 Å². The number of benzene rings is 3. The number of amides is 1. The van der Waals surface area contributed by atoms with Crippen LogP contribution in [0.25, 0.3) is 22.1 Å². The Kier molecular flexibility index (Phi) is 4.73. The molecule has 4 rings (SSSR count). The minimum Gasteiger partial charge on any atom is -0.455 e. The summed E-state index contributed by atoms with van der Waals surface area (Å²) in [5, 5.41) is 6.74. The van der Waals surface area contributed by atoms with Crippen molar-refractivity contribution in [1.82, 2.24) is 5.43 Å². The number of rotatable bonds is 4. The second kappa shape index (κ2) is 7.48. The molecule has 0 spiro atoms. The first-order chi connectivity index (χ1) is 13.2. The van der Waals surface area contributed by atoms with Gasteiger partial charge >= 0.3 is 0 Å². The number of hydrogen-bond acceptors (Lipinski definition) is 3. The summed E-state index contributed by atoms with van der Waals surface area (Å²) in [6.07, 6.45) is 1.47. The van der Waals surface area contributed by atoms with Crippen molar-refractivity contribution in [1.29, 1.82) is 0 Å². The molecule has 0 aliphatic heterocycles. The van der Waals surface area contributed by atoms with Crippen LogP contribution in [0.5, 0.6) is 0 Å². The van der Waals surface area contributed by atoms with Crippen LogP contribution in [-0.4, -0.2) is 12.1 Å². The van der Waals surface area contributed by atoms with Crippen LogP contribution in [0.3, 0.4) is 0 Å². The molecule has 1 amide bonds. The molecule has 0 fully saturated rings. The summed E-state index contributed by atoms with van der Waals surface area (Å²) in [5.74, 6) is 0.967. The normalized spacial score (nSPS) is 11.1. The van der Waals surface area contributed by atoms with Gasteiger partial charge in [-0.2, -0.15) is 5.10 Å². The molecule has 0 bridgehead atoms. The Balaban J connectivity index is 1.44. The minimum absolute atomic E-state index is 0.276. The number of carbonyl (C=O) groups is 1. The predicted octanol–water partition coefficient (Wildman–Crippen LogP) is 5.52. The summed E-state index contributed by atoms with van der Waals surface area (Å²) in [6, 6.07) is 24.4. The summed E-state index contributed by atoms with van der Waals surface area (Å²) in [6.45, 7) is 0. The van der Waals surface area contributed by atoms with E-state index in [2.05, 4.69) is 10.5 Å². The lowest BCUT2D eigenvalue weighted by atomic mass is 10.1. The van der Waals surface area contributed by atoms with Gasteiger partial charge in [-0.05, 0) is 59.3 Å². The molecule has 0 radical (unpaired) electrons. The molecule has 5 heteroatoms. The fourth-order valence-electron chi connectivity index (χ4n) is 2.74. The topological polar surface area (TPSA) is 54.6 Å². The lowest BCUT2D eigenvalue weighted by Gasteiger charge is -2.02. The summed E-state index contributed by atoms with van der Waals surface area (Å²) in [5.41, 5.74) is 3.99. The highest BCUT2D eigenvalue weighted by molar-refractivity contribution is 6.30.